The normalized spacial score (nSPS) is 12.4. The summed E-state index contributed by atoms with van der Waals surface area (Å²) in [5.74, 6) is 5.94. The Morgan fingerprint density at radius 2 is 2.18 bits per heavy atom. The lowest BCUT2D eigenvalue weighted by Gasteiger charge is -2.17. The minimum Gasteiger partial charge on any atom is -0.383 e. The van der Waals surface area contributed by atoms with E-state index in [4.69, 9.17) is 23.2 Å². The van der Waals surface area contributed by atoms with Crippen molar-refractivity contribution in [2.75, 3.05) is 5.73 Å². The van der Waals surface area contributed by atoms with E-state index >= 15 is 0 Å². The zero-order valence-electron chi connectivity index (χ0n) is 8.97. The fourth-order valence-corrected chi connectivity index (χ4v) is 1.78. The summed E-state index contributed by atoms with van der Waals surface area (Å²) < 4.78 is 0. The van der Waals surface area contributed by atoms with Crippen LogP contribution in [0.1, 0.15) is 17.2 Å². The lowest BCUT2D eigenvalue weighted by Crippen LogP contribution is -2.29. The van der Waals surface area contributed by atoms with Crippen LogP contribution >= 0.6 is 11.6 Å². The van der Waals surface area contributed by atoms with E-state index in [0.29, 0.717) is 10.8 Å². The van der Waals surface area contributed by atoms with Gasteiger partial charge in [-0.2, -0.15) is 0 Å². The summed E-state index contributed by atoms with van der Waals surface area (Å²) in [6, 6.07) is 5.18. The molecule has 0 fully saturated rings. The standard InChI is InChI=1S/C11H12ClN5/c12-8-4-9(11(13)16-6-8)10(17-14)7-2-1-3-15-5-7/h1-6,10,17H,14H2,(H2,13,16). The molecule has 0 radical (unpaired) electrons. The second-order valence-corrected chi connectivity index (χ2v) is 3.95. The average Bonchev–Trinajstić information content (AvgIpc) is 2.36. The molecule has 5 N–H and O–H groups in total. The largest absolute Gasteiger partial charge is 0.383 e. The van der Waals surface area contributed by atoms with Gasteiger partial charge in [0, 0.05) is 24.2 Å². The summed E-state index contributed by atoms with van der Waals surface area (Å²) in [7, 11) is 0. The molecule has 0 saturated carbocycles. The number of nitrogens with one attached hydrogen (secondary N) is 1. The van der Waals surface area contributed by atoms with Crippen molar-refractivity contribution in [3.8, 4) is 0 Å². The number of aromatic nitrogens is 2. The monoisotopic (exact) mass is 249 g/mol. The highest BCUT2D eigenvalue weighted by molar-refractivity contribution is 6.30. The van der Waals surface area contributed by atoms with Gasteiger partial charge in [0.25, 0.3) is 0 Å². The number of nitrogen functional groups attached to an aromatic ring is 1. The fourth-order valence-electron chi connectivity index (χ4n) is 1.61. The Morgan fingerprint density at radius 1 is 1.35 bits per heavy atom. The Kier molecular flexibility index (Phi) is 3.53. The van der Waals surface area contributed by atoms with E-state index < -0.39 is 0 Å². The highest BCUT2D eigenvalue weighted by Gasteiger charge is 2.16. The third-order valence-corrected chi connectivity index (χ3v) is 2.62. The van der Waals surface area contributed by atoms with E-state index in [1.165, 1.54) is 6.20 Å². The van der Waals surface area contributed by atoms with E-state index in [2.05, 4.69) is 15.4 Å². The molecule has 17 heavy (non-hydrogen) atoms. The fraction of sp³-hybridized carbons (Fsp3) is 0.0909. The second kappa shape index (κ2) is 5.09. The van der Waals surface area contributed by atoms with E-state index in [-0.39, 0.29) is 6.04 Å². The van der Waals surface area contributed by atoms with Crippen LogP contribution in [0, 0.1) is 0 Å². The van der Waals surface area contributed by atoms with Gasteiger partial charge in [-0.1, -0.05) is 17.7 Å². The smallest absolute Gasteiger partial charge is 0.128 e. The summed E-state index contributed by atoms with van der Waals surface area (Å²) in [5.41, 5.74) is 10.1. The lowest BCUT2D eigenvalue weighted by atomic mass is 10.0. The van der Waals surface area contributed by atoms with E-state index in [1.807, 2.05) is 12.1 Å². The minimum atomic E-state index is -0.283. The SMILES string of the molecule is NNC(c1cccnc1)c1cc(Cl)cnc1N. The summed E-state index contributed by atoms with van der Waals surface area (Å²) in [6.45, 7) is 0. The van der Waals surface area contributed by atoms with Crippen LogP contribution in [-0.2, 0) is 0 Å². The van der Waals surface area contributed by atoms with Crippen molar-refractivity contribution in [3.05, 3.63) is 52.9 Å². The number of halogens is 1. The Morgan fingerprint density at radius 3 is 2.82 bits per heavy atom. The number of hydrogen-bond donors (Lipinski definition) is 3. The van der Waals surface area contributed by atoms with Crippen molar-refractivity contribution in [1.82, 2.24) is 15.4 Å². The minimum absolute atomic E-state index is 0.283. The number of nitrogens with two attached hydrogens (primary N) is 2. The Labute approximate surface area is 104 Å². The van der Waals surface area contributed by atoms with Crippen molar-refractivity contribution in [2.24, 2.45) is 5.84 Å². The topological polar surface area (TPSA) is 89.8 Å². The molecule has 1 atom stereocenters. The van der Waals surface area contributed by atoms with E-state index in [1.54, 1.807) is 18.5 Å². The molecule has 0 aliphatic heterocycles. The molecular formula is C11H12ClN5. The first-order chi connectivity index (χ1) is 8.22. The van der Waals surface area contributed by atoms with Gasteiger partial charge in [0.15, 0.2) is 0 Å². The first-order valence-electron chi connectivity index (χ1n) is 4.99. The quantitative estimate of drug-likeness (QED) is 0.563. The van der Waals surface area contributed by atoms with Crippen LogP contribution < -0.4 is 17.0 Å². The van der Waals surface area contributed by atoms with Crippen LogP contribution in [0.3, 0.4) is 0 Å². The van der Waals surface area contributed by atoms with Gasteiger partial charge in [0.05, 0.1) is 11.1 Å². The van der Waals surface area contributed by atoms with Crippen molar-refractivity contribution in [2.45, 2.75) is 6.04 Å². The van der Waals surface area contributed by atoms with Crippen LogP contribution in [0.5, 0.6) is 0 Å². The summed E-state index contributed by atoms with van der Waals surface area (Å²) in [5, 5.41) is 0.512. The van der Waals surface area contributed by atoms with Gasteiger partial charge in [0.1, 0.15) is 5.82 Å². The van der Waals surface area contributed by atoms with Crippen LogP contribution in [0.25, 0.3) is 0 Å². The van der Waals surface area contributed by atoms with Crippen molar-refractivity contribution in [3.63, 3.8) is 0 Å². The van der Waals surface area contributed by atoms with Crippen LogP contribution in [0.15, 0.2) is 36.8 Å². The second-order valence-electron chi connectivity index (χ2n) is 3.51. The summed E-state index contributed by atoms with van der Waals surface area (Å²) in [6.07, 6.45) is 4.90. The molecule has 88 valence electrons. The highest BCUT2D eigenvalue weighted by Crippen LogP contribution is 2.26. The molecular weight excluding hydrogens is 238 g/mol. The van der Waals surface area contributed by atoms with Gasteiger partial charge < -0.3 is 5.73 Å². The van der Waals surface area contributed by atoms with E-state index in [9.17, 15) is 0 Å². The zero-order chi connectivity index (χ0) is 12.3. The molecule has 0 aromatic carbocycles. The number of nitrogens with zero attached hydrogens (tertiary/aromatic N) is 2. The van der Waals surface area contributed by atoms with Gasteiger partial charge in [-0.15, -0.1) is 0 Å². The van der Waals surface area contributed by atoms with Gasteiger partial charge >= 0.3 is 0 Å². The molecule has 0 spiro atoms. The molecule has 2 aromatic heterocycles. The highest BCUT2D eigenvalue weighted by atomic mass is 35.5. The molecule has 2 rings (SSSR count). The van der Waals surface area contributed by atoms with Gasteiger partial charge in [-0.3, -0.25) is 10.8 Å². The maximum Gasteiger partial charge on any atom is 0.128 e. The predicted octanol–water partition coefficient (Wildman–Crippen LogP) is 1.26. The van der Waals surface area contributed by atoms with E-state index in [0.717, 1.165) is 11.1 Å². The first-order valence-corrected chi connectivity index (χ1v) is 5.37. The van der Waals surface area contributed by atoms with Gasteiger partial charge in [-0.25, -0.2) is 10.4 Å². The Balaban J connectivity index is 2.46. The molecule has 6 heteroatoms. The number of rotatable bonds is 3. The van der Waals surface area contributed by atoms with Crippen molar-refractivity contribution < 1.29 is 0 Å². The number of pyridine rings is 2. The van der Waals surface area contributed by atoms with Gasteiger partial charge in [0.2, 0.25) is 0 Å². The van der Waals surface area contributed by atoms with Crippen LogP contribution in [-0.4, -0.2) is 9.97 Å². The third kappa shape index (κ3) is 2.52. The molecule has 1 unspecified atom stereocenters. The molecule has 0 aliphatic carbocycles. The molecule has 0 saturated heterocycles. The maximum atomic E-state index is 5.90. The molecule has 2 aromatic rings. The third-order valence-electron chi connectivity index (χ3n) is 2.41. The molecule has 0 bridgehead atoms. The van der Waals surface area contributed by atoms with Crippen LogP contribution in [0.2, 0.25) is 5.02 Å². The molecule has 5 nitrogen and oxygen atoms in total. The Bertz CT molecular complexity index is 502. The number of anilines is 1. The van der Waals surface area contributed by atoms with Crippen molar-refractivity contribution in [1.29, 1.82) is 0 Å². The molecule has 0 amide bonds. The molecule has 0 aliphatic rings. The number of hydrazine groups is 1. The lowest BCUT2D eigenvalue weighted by molar-refractivity contribution is 0.634. The van der Waals surface area contributed by atoms with Crippen molar-refractivity contribution >= 4 is 17.4 Å². The predicted molar refractivity (Wildman–Crippen MR) is 67.1 cm³/mol. The maximum absolute atomic E-state index is 5.90. The Hall–Kier alpha value is -1.69. The van der Waals surface area contributed by atoms with Gasteiger partial charge in [-0.05, 0) is 17.7 Å². The first kappa shape index (κ1) is 11.8. The molecule has 2 heterocycles. The zero-order valence-corrected chi connectivity index (χ0v) is 9.72. The number of hydrogen-bond acceptors (Lipinski definition) is 5. The summed E-state index contributed by atoms with van der Waals surface area (Å²) >= 11 is 5.90. The summed E-state index contributed by atoms with van der Waals surface area (Å²) in [4.78, 5) is 8.04. The average molecular weight is 250 g/mol. The van der Waals surface area contributed by atoms with Crippen LogP contribution in [0.4, 0.5) is 5.82 Å².